The summed E-state index contributed by atoms with van der Waals surface area (Å²) in [5.41, 5.74) is 5.83. The van der Waals surface area contributed by atoms with E-state index in [-0.39, 0.29) is 11.9 Å². The summed E-state index contributed by atoms with van der Waals surface area (Å²) < 4.78 is 14.1. The summed E-state index contributed by atoms with van der Waals surface area (Å²) in [7, 11) is 0. The minimum absolute atomic E-state index is 0.251. The lowest BCUT2D eigenvalue weighted by Crippen LogP contribution is -2.30. The molecule has 3 N–H and O–H groups in total. The van der Waals surface area contributed by atoms with E-state index in [1.807, 2.05) is 26.0 Å². The molecule has 0 aliphatic rings. The Morgan fingerprint density at radius 2 is 2.11 bits per heavy atom. The Morgan fingerprint density at radius 1 is 1.33 bits per heavy atom. The molecule has 1 atom stereocenters. The van der Waals surface area contributed by atoms with Crippen LogP contribution < -0.4 is 11.3 Å². The Balaban J connectivity index is 2.52. The van der Waals surface area contributed by atoms with Crippen LogP contribution in [0.15, 0.2) is 36.7 Å². The predicted molar refractivity (Wildman–Crippen MR) is 69.3 cm³/mol. The summed E-state index contributed by atoms with van der Waals surface area (Å²) in [6.45, 7) is 3.75. The second-order valence-electron chi connectivity index (χ2n) is 4.36. The molecule has 2 rings (SSSR count). The standard InChI is InChI=1S/C14H16FN3/c1-9-6-10(2)13(12(15)7-9)14(18-16)11-4-3-5-17-8-11/h3-8,14,18H,16H2,1-2H3. The third-order valence-corrected chi connectivity index (χ3v) is 2.95. The lowest BCUT2D eigenvalue weighted by Gasteiger charge is -2.20. The second kappa shape index (κ2) is 5.25. The van der Waals surface area contributed by atoms with Crippen LogP contribution in [0.5, 0.6) is 0 Å². The molecule has 1 heterocycles. The van der Waals surface area contributed by atoms with Gasteiger partial charge in [0.1, 0.15) is 5.82 Å². The van der Waals surface area contributed by atoms with Gasteiger partial charge in [0.15, 0.2) is 0 Å². The fourth-order valence-corrected chi connectivity index (χ4v) is 2.19. The quantitative estimate of drug-likeness (QED) is 0.645. The highest BCUT2D eigenvalue weighted by molar-refractivity contribution is 5.39. The van der Waals surface area contributed by atoms with E-state index < -0.39 is 0 Å². The normalized spacial score (nSPS) is 12.4. The molecule has 0 radical (unpaired) electrons. The lowest BCUT2D eigenvalue weighted by atomic mass is 9.94. The molecule has 0 spiro atoms. The van der Waals surface area contributed by atoms with Gasteiger partial charge in [0.05, 0.1) is 6.04 Å². The first-order chi connectivity index (χ1) is 8.63. The highest BCUT2D eigenvalue weighted by Gasteiger charge is 2.19. The Bertz CT molecular complexity index is 517. The van der Waals surface area contributed by atoms with Crippen molar-refractivity contribution in [3.8, 4) is 0 Å². The van der Waals surface area contributed by atoms with Gasteiger partial charge in [-0.3, -0.25) is 10.8 Å². The van der Waals surface area contributed by atoms with E-state index in [0.717, 1.165) is 16.7 Å². The van der Waals surface area contributed by atoms with Gasteiger partial charge >= 0.3 is 0 Å². The predicted octanol–water partition coefficient (Wildman–Crippen LogP) is 2.39. The molecule has 18 heavy (non-hydrogen) atoms. The first-order valence-electron chi connectivity index (χ1n) is 5.76. The number of aromatic nitrogens is 1. The van der Waals surface area contributed by atoms with Crippen molar-refractivity contribution in [3.05, 3.63) is 64.7 Å². The average Bonchev–Trinajstić information content (AvgIpc) is 2.34. The molecule has 4 heteroatoms. The molecule has 0 bridgehead atoms. The van der Waals surface area contributed by atoms with Crippen molar-refractivity contribution in [3.63, 3.8) is 0 Å². The van der Waals surface area contributed by atoms with Crippen LogP contribution in [0.3, 0.4) is 0 Å². The molecule has 0 saturated heterocycles. The van der Waals surface area contributed by atoms with E-state index in [1.54, 1.807) is 18.5 Å². The maximum absolute atomic E-state index is 14.1. The Labute approximate surface area is 106 Å². The van der Waals surface area contributed by atoms with E-state index >= 15 is 0 Å². The van der Waals surface area contributed by atoms with Gasteiger partial charge in [0.25, 0.3) is 0 Å². The fourth-order valence-electron chi connectivity index (χ4n) is 2.19. The van der Waals surface area contributed by atoms with Gasteiger partial charge in [0.2, 0.25) is 0 Å². The summed E-state index contributed by atoms with van der Waals surface area (Å²) in [6, 6.07) is 6.75. The summed E-state index contributed by atoms with van der Waals surface area (Å²) in [5.74, 6) is 5.32. The van der Waals surface area contributed by atoms with Crippen molar-refractivity contribution in [2.45, 2.75) is 19.9 Å². The van der Waals surface area contributed by atoms with Crippen molar-refractivity contribution >= 4 is 0 Å². The van der Waals surface area contributed by atoms with Crippen LogP contribution in [-0.4, -0.2) is 4.98 Å². The van der Waals surface area contributed by atoms with E-state index in [4.69, 9.17) is 5.84 Å². The number of nitrogens with two attached hydrogens (primary N) is 1. The van der Waals surface area contributed by atoms with Gasteiger partial charge in [-0.25, -0.2) is 9.82 Å². The first kappa shape index (κ1) is 12.7. The largest absolute Gasteiger partial charge is 0.271 e. The van der Waals surface area contributed by atoms with Gasteiger partial charge in [-0.2, -0.15) is 0 Å². The van der Waals surface area contributed by atoms with Crippen molar-refractivity contribution in [2.24, 2.45) is 5.84 Å². The molecule has 1 aromatic heterocycles. The smallest absolute Gasteiger partial charge is 0.128 e. The molecular formula is C14H16FN3. The van der Waals surface area contributed by atoms with Crippen molar-refractivity contribution in [2.75, 3.05) is 0 Å². The summed E-state index contributed by atoms with van der Waals surface area (Å²) in [6.07, 6.45) is 3.36. The number of hydrazine groups is 1. The van der Waals surface area contributed by atoms with Gasteiger partial charge in [0, 0.05) is 18.0 Å². The summed E-state index contributed by atoms with van der Waals surface area (Å²) in [5, 5.41) is 0. The zero-order valence-electron chi connectivity index (χ0n) is 10.4. The number of rotatable bonds is 3. The van der Waals surface area contributed by atoms with Crippen LogP contribution >= 0.6 is 0 Å². The Hall–Kier alpha value is -1.78. The molecule has 2 aromatic rings. The fraction of sp³-hybridized carbons (Fsp3) is 0.214. The molecule has 1 aromatic carbocycles. The number of benzene rings is 1. The maximum atomic E-state index is 14.1. The van der Waals surface area contributed by atoms with Gasteiger partial charge in [-0.15, -0.1) is 0 Å². The highest BCUT2D eigenvalue weighted by Crippen LogP contribution is 2.27. The number of nitrogens with zero attached hydrogens (tertiary/aromatic N) is 1. The highest BCUT2D eigenvalue weighted by atomic mass is 19.1. The summed E-state index contributed by atoms with van der Waals surface area (Å²) >= 11 is 0. The second-order valence-corrected chi connectivity index (χ2v) is 4.36. The molecule has 0 aliphatic heterocycles. The molecular weight excluding hydrogens is 229 g/mol. The van der Waals surface area contributed by atoms with Crippen molar-refractivity contribution in [1.29, 1.82) is 0 Å². The third kappa shape index (κ3) is 2.39. The number of pyridine rings is 1. The van der Waals surface area contributed by atoms with E-state index in [1.165, 1.54) is 6.07 Å². The van der Waals surface area contributed by atoms with Crippen LogP contribution in [0, 0.1) is 19.7 Å². The molecule has 3 nitrogen and oxygen atoms in total. The summed E-state index contributed by atoms with van der Waals surface area (Å²) in [4.78, 5) is 4.04. The van der Waals surface area contributed by atoms with E-state index in [0.29, 0.717) is 5.56 Å². The minimum Gasteiger partial charge on any atom is -0.271 e. The molecule has 0 aliphatic carbocycles. The SMILES string of the molecule is Cc1cc(C)c(C(NN)c2cccnc2)c(F)c1. The van der Waals surface area contributed by atoms with E-state index in [9.17, 15) is 4.39 Å². The minimum atomic E-state index is -0.390. The number of hydrogen-bond donors (Lipinski definition) is 2. The van der Waals surface area contributed by atoms with Crippen LogP contribution in [-0.2, 0) is 0 Å². The molecule has 0 saturated carbocycles. The first-order valence-corrected chi connectivity index (χ1v) is 5.76. The van der Waals surface area contributed by atoms with Gasteiger partial charge < -0.3 is 0 Å². The zero-order valence-corrected chi connectivity index (χ0v) is 10.4. The molecule has 0 amide bonds. The average molecular weight is 245 g/mol. The zero-order chi connectivity index (χ0) is 13.1. The maximum Gasteiger partial charge on any atom is 0.128 e. The van der Waals surface area contributed by atoms with Crippen LogP contribution in [0.2, 0.25) is 0 Å². The topological polar surface area (TPSA) is 50.9 Å². The Morgan fingerprint density at radius 3 is 2.67 bits per heavy atom. The third-order valence-electron chi connectivity index (χ3n) is 2.95. The number of aryl methyl sites for hydroxylation is 2. The molecule has 1 unspecified atom stereocenters. The number of nitrogens with one attached hydrogen (secondary N) is 1. The molecule has 94 valence electrons. The van der Waals surface area contributed by atoms with Crippen molar-refractivity contribution in [1.82, 2.24) is 10.4 Å². The van der Waals surface area contributed by atoms with Crippen LogP contribution in [0.25, 0.3) is 0 Å². The van der Waals surface area contributed by atoms with Crippen molar-refractivity contribution < 1.29 is 4.39 Å². The number of halogens is 1. The number of hydrogen-bond acceptors (Lipinski definition) is 3. The Kier molecular flexibility index (Phi) is 3.69. The van der Waals surface area contributed by atoms with Gasteiger partial charge in [-0.1, -0.05) is 12.1 Å². The monoisotopic (exact) mass is 245 g/mol. The van der Waals surface area contributed by atoms with E-state index in [2.05, 4.69) is 10.4 Å². The van der Waals surface area contributed by atoms with Crippen LogP contribution in [0.1, 0.15) is 28.3 Å². The van der Waals surface area contributed by atoms with Gasteiger partial charge in [-0.05, 0) is 42.7 Å². The van der Waals surface area contributed by atoms with Crippen LogP contribution in [0.4, 0.5) is 4.39 Å². The molecule has 0 fully saturated rings. The lowest BCUT2D eigenvalue weighted by molar-refractivity contribution is 0.555.